The van der Waals surface area contributed by atoms with Gasteiger partial charge >= 0.3 is 0 Å². The van der Waals surface area contributed by atoms with Gasteiger partial charge in [0.25, 0.3) is 0 Å². The Hall–Kier alpha value is -0.900. The van der Waals surface area contributed by atoms with Crippen molar-refractivity contribution in [1.82, 2.24) is 10.2 Å². The van der Waals surface area contributed by atoms with Gasteiger partial charge in [0.15, 0.2) is 0 Å². The van der Waals surface area contributed by atoms with E-state index in [1.807, 2.05) is 13.8 Å². The molecule has 3 aliphatic rings. The van der Waals surface area contributed by atoms with E-state index in [4.69, 9.17) is 0 Å². The second-order valence-corrected chi connectivity index (χ2v) is 6.47. The number of nitrogens with zero attached hydrogens (tertiary/aromatic N) is 1. The Morgan fingerprint density at radius 3 is 2.44 bits per heavy atom. The van der Waals surface area contributed by atoms with Crippen LogP contribution in [-0.4, -0.2) is 35.3 Å². The zero-order valence-corrected chi connectivity index (χ0v) is 11.2. The highest BCUT2D eigenvalue weighted by molar-refractivity contribution is 6.05. The van der Waals surface area contributed by atoms with Gasteiger partial charge in [-0.1, -0.05) is 0 Å². The van der Waals surface area contributed by atoms with Crippen molar-refractivity contribution in [2.24, 2.45) is 11.3 Å². The van der Waals surface area contributed by atoms with Gasteiger partial charge in [-0.25, -0.2) is 0 Å². The highest BCUT2D eigenvalue weighted by atomic mass is 16.2. The number of hydrogen-bond acceptors (Lipinski definition) is 3. The number of imide groups is 1. The van der Waals surface area contributed by atoms with E-state index in [1.54, 1.807) is 0 Å². The molecule has 4 heteroatoms. The molecule has 0 bridgehead atoms. The molecule has 1 N–H and O–H groups in total. The Bertz CT molecular complexity index is 383. The molecule has 1 aliphatic heterocycles. The van der Waals surface area contributed by atoms with E-state index in [1.165, 1.54) is 30.6 Å². The van der Waals surface area contributed by atoms with Gasteiger partial charge in [-0.3, -0.25) is 14.5 Å². The minimum atomic E-state index is -0.267. The van der Waals surface area contributed by atoms with Crippen molar-refractivity contribution in [1.29, 1.82) is 0 Å². The summed E-state index contributed by atoms with van der Waals surface area (Å²) in [6.45, 7) is 4.71. The first-order valence-electron chi connectivity index (χ1n) is 7.13. The van der Waals surface area contributed by atoms with Gasteiger partial charge in [-0.15, -0.1) is 0 Å². The summed E-state index contributed by atoms with van der Waals surface area (Å²) < 4.78 is 0. The Morgan fingerprint density at radius 1 is 1.33 bits per heavy atom. The molecule has 3 fully saturated rings. The summed E-state index contributed by atoms with van der Waals surface area (Å²) in [4.78, 5) is 25.3. The van der Waals surface area contributed by atoms with Crippen molar-refractivity contribution in [3.63, 3.8) is 0 Å². The summed E-state index contributed by atoms with van der Waals surface area (Å²) in [5, 5.41) is 3.36. The second kappa shape index (κ2) is 4.05. The molecular formula is C14H22N2O2. The number of likely N-dealkylation sites (tertiary alicyclic amines) is 1. The fourth-order valence-corrected chi connectivity index (χ4v) is 3.27. The SMILES string of the molecule is CC(C)N1C(=O)CC(NCC2(C3CC3)CC2)C1=O. The highest BCUT2D eigenvalue weighted by Gasteiger charge is 2.54. The number of rotatable bonds is 5. The van der Waals surface area contributed by atoms with Gasteiger partial charge < -0.3 is 5.32 Å². The lowest BCUT2D eigenvalue weighted by molar-refractivity contribution is -0.140. The number of nitrogens with one attached hydrogen (secondary N) is 1. The Morgan fingerprint density at radius 2 is 2.00 bits per heavy atom. The lowest BCUT2D eigenvalue weighted by atomic mass is 10.0. The topological polar surface area (TPSA) is 49.4 Å². The van der Waals surface area contributed by atoms with Crippen molar-refractivity contribution in [2.75, 3.05) is 6.54 Å². The first-order chi connectivity index (χ1) is 8.53. The maximum absolute atomic E-state index is 12.1. The van der Waals surface area contributed by atoms with E-state index in [9.17, 15) is 9.59 Å². The predicted molar refractivity (Wildman–Crippen MR) is 67.8 cm³/mol. The summed E-state index contributed by atoms with van der Waals surface area (Å²) in [7, 11) is 0. The molecule has 1 heterocycles. The van der Waals surface area contributed by atoms with Crippen LogP contribution in [0.25, 0.3) is 0 Å². The lowest BCUT2D eigenvalue weighted by Gasteiger charge is -2.21. The number of amides is 2. The van der Waals surface area contributed by atoms with Gasteiger partial charge in [-0.05, 0) is 50.9 Å². The van der Waals surface area contributed by atoms with Crippen molar-refractivity contribution in [3.8, 4) is 0 Å². The summed E-state index contributed by atoms with van der Waals surface area (Å²) in [5.41, 5.74) is 0.481. The van der Waals surface area contributed by atoms with Crippen LogP contribution in [-0.2, 0) is 9.59 Å². The quantitative estimate of drug-likeness (QED) is 0.748. The monoisotopic (exact) mass is 250 g/mol. The molecule has 1 unspecified atom stereocenters. The zero-order valence-electron chi connectivity index (χ0n) is 11.2. The van der Waals surface area contributed by atoms with Crippen LogP contribution < -0.4 is 5.32 Å². The fraction of sp³-hybridized carbons (Fsp3) is 0.857. The summed E-state index contributed by atoms with van der Waals surface area (Å²) >= 11 is 0. The highest BCUT2D eigenvalue weighted by Crippen LogP contribution is 2.60. The van der Waals surface area contributed by atoms with E-state index in [2.05, 4.69) is 5.32 Å². The first-order valence-corrected chi connectivity index (χ1v) is 7.13. The lowest BCUT2D eigenvalue weighted by Crippen LogP contribution is -2.43. The summed E-state index contributed by atoms with van der Waals surface area (Å²) in [6, 6.07) is -0.286. The van der Waals surface area contributed by atoms with Crippen molar-refractivity contribution in [3.05, 3.63) is 0 Å². The van der Waals surface area contributed by atoms with Gasteiger partial charge in [0.05, 0.1) is 12.5 Å². The van der Waals surface area contributed by atoms with Gasteiger partial charge in [0.2, 0.25) is 11.8 Å². The maximum atomic E-state index is 12.1. The van der Waals surface area contributed by atoms with Gasteiger partial charge in [0.1, 0.15) is 0 Å². The molecule has 0 aromatic carbocycles. The van der Waals surface area contributed by atoms with Crippen LogP contribution in [0.15, 0.2) is 0 Å². The third-order valence-electron chi connectivity index (χ3n) is 4.74. The second-order valence-electron chi connectivity index (χ2n) is 6.47. The zero-order chi connectivity index (χ0) is 12.9. The molecule has 0 aromatic rings. The molecule has 1 atom stereocenters. The summed E-state index contributed by atoms with van der Waals surface area (Å²) in [5.74, 6) is 0.837. The van der Waals surface area contributed by atoms with Crippen LogP contribution in [0.3, 0.4) is 0 Å². The van der Waals surface area contributed by atoms with Crippen LogP contribution in [0.1, 0.15) is 46.0 Å². The minimum Gasteiger partial charge on any atom is -0.305 e. The number of carbonyl (C=O) groups is 2. The third-order valence-corrected chi connectivity index (χ3v) is 4.74. The molecule has 2 aliphatic carbocycles. The van der Waals surface area contributed by atoms with Gasteiger partial charge in [0, 0.05) is 12.6 Å². The Kier molecular flexibility index (Phi) is 2.73. The molecule has 0 radical (unpaired) electrons. The van der Waals surface area contributed by atoms with Crippen LogP contribution in [0.2, 0.25) is 0 Å². The largest absolute Gasteiger partial charge is 0.305 e. The molecule has 3 rings (SSSR count). The van der Waals surface area contributed by atoms with Gasteiger partial charge in [-0.2, -0.15) is 0 Å². The third kappa shape index (κ3) is 1.96. The standard InChI is InChI=1S/C14H22N2O2/c1-9(2)16-12(17)7-11(13(16)18)15-8-14(5-6-14)10-3-4-10/h9-11,15H,3-8H2,1-2H3. The molecule has 0 spiro atoms. The van der Waals surface area contributed by atoms with E-state index in [-0.39, 0.29) is 23.9 Å². The Balaban J connectivity index is 1.57. The first kappa shape index (κ1) is 12.2. The molecule has 1 saturated heterocycles. The van der Waals surface area contributed by atoms with Crippen LogP contribution in [0.5, 0.6) is 0 Å². The van der Waals surface area contributed by atoms with Crippen molar-refractivity contribution >= 4 is 11.8 Å². The normalized spacial score (nSPS) is 30.4. The predicted octanol–water partition coefficient (Wildman–Crippen LogP) is 1.30. The smallest absolute Gasteiger partial charge is 0.247 e. The number of hydrogen-bond donors (Lipinski definition) is 1. The molecule has 18 heavy (non-hydrogen) atoms. The van der Waals surface area contributed by atoms with E-state index in [0.29, 0.717) is 11.8 Å². The van der Waals surface area contributed by atoms with Crippen molar-refractivity contribution in [2.45, 2.75) is 58.0 Å². The molecule has 2 saturated carbocycles. The molecule has 2 amide bonds. The average molecular weight is 250 g/mol. The van der Waals surface area contributed by atoms with Crippen LogP contribution in [0.4, 0.5) is 0 Å². The van der Waals surface area contributed by atoms with Crippen molar-refractivity contribution < 1.29 is 9.59 Å². The van der Waals surface area contributed by atoms with E-state index in [0.717, 1.165) is 12.5 Å². The average Bonchev–Trinajstić information content (AvgIpc) is 3.15. The maximum Gasteiger partial charge on any atom is 0.247 e. The molecule has 100 valence electrons. The molecular weight excluding hydrogens is 228 g/mol. The van der Waals surface area contributed by atoms with E-state index >= 15 is 0 Å². The molecule has 0 aromatic heterocycles. The number of carbonyl (C=O) groups excluding carboxylic acids is 2. The van der Waals surface area contributed by atoms with E-state index < -0.39 is 0 Å². The minimum absolute atomic E-state index is 0.0184. The Labute approximate surface area is 108 Å². The summed E-state index contributed by atoms with van der Waals surface area (Å²) in [6.07, 6.45) is 5.66. The molecule has 4 nitrogen and oxygen atoms in total. The fourth-order valence-electron chi connectivity index (χ4n) is 3.27. The van der Waals surface area contributed by atoms with Crippen LogP contribution >= 0.6 is 0 Å². The van der Waals surface area contributed by atoms with Crippen LogP contribution in [0, 0.1) is 11.3 Å².